The molecule has 18 heavy (non-hydrogen) atoms. The van der Waals surface area contributed by atoms with Gasteiger partial charge in [0.05, 0.1) is 5.38 Å². The van der Waals surface area contributed by atoms with Crippen LogP contribution in [0.3, 0.4) is 0 Å². The molecule has 2 atom stereocenters. The number of carbonyl (C=O) groups is 1. The Bertz CT molecular complexity index is 408. The highest BCUT2D eigenvalue weighted by Gasteiger charge is 2.46. The molecule has 2 unspecified atom stereocenters. The van der Waals surface area contributed by atoms with Crippen LogP contribution < -0.4 is 0 Å². The van der Waals surface area contributed by atoms with Crippen molar-refractivity contribution in [2.45, 2.75) is 35.9 Å². The van der Waals surface area contributed by atoms with E-state index >= 15 is 0 Å². The third kappa shape index (κ3) is 3.73. The SMILES string of the molecule is CC(C)(C)C(=O)C(c1nc[nH]n1)C(Cl)C(Cl)(Cl)Cl. The van der Waals surface area contributed by atoms with Gasteiger partial charge < -0.3 is 0 Å². The number of hydrogen-bond acceptors (Lipinski definition) is 3. The molecule has 0 aromatic carbocycles. The van der Waals surface area contributed by atoms with Crippen molar-refractivity contribution in [1.29, 1.82) is 0 Å². The van der Waals surface area contributed by atoms with Crippen LogP contribution in [0.1, 0.15) is 32.5 Å². The Balaban J connectivity index is 3.17. The number of carbonyl (C=O) groups excluding carboxylic acids is 1. The van der Waals surface area contributed by atoms with Crippen molar-refractivity contribution in [3.63, 3.8) is 0 Å². The number of nitrogens with one attached hydrogen (secondary N) is 1. The van der Waals surface area contributed by atoms with Crippen LogP contribution in [0, 0.1) is 5.41 Å². The van der Waals surface area contributed by atoms with Gasteiger partial charge in [0.2, 0.25) is 3.79 Å². The summed E-state index contributed by atoms with van der Waals surface area (Å²) in [6.07, 6.45) is 1.35. The van der Waals surface area contributed by atoms with Crippen LogP contribution in [0.2, 0.25) is 0 Å². The number of hydrogen-bond donors (Lipinski definition) is 1. The predicted molar refractivity (Wildman–Crippen MR) is 73.5 cm³/mol. The summed E-state index contributed by atoms with van der Waals surface area (Å²) in [5, 5.41) is 5.34. The van der Waals surface area contributed by atoms with E-state index in [9.17, 15) is 4.79 Å². The largest absolute Gasteiger partial charge is 0.298 e. The second-order valence-electron chi connectivity index (χ2n) is 4.89. The van der Waals surface area contributed by atoms with Gasteiger partial charge in [-0.3, -0.25) is 9.89 Å². The highest BCUT2D eigenvalue weighted by atomic mass is 35.6. The number of H-pyrrole nitrogens is 1. The van der Waals surface area contributed by atoms with Crippen LogP contribution in [-0.4, -0.2) is 30.1 Å². The minimum Gasteiger partial charge on any atom is -0.298 e. The first kappa shape index (κ1) is 16.0. The minimum atomic E-state index is -1.78. The normalized spacial score (nSPS) is 16.4. The van der Waals surface area contributed by atoms with Gasteiger partial charge in [-0.1, -0.05) is 55.6 Å². The quantitative estimate of drug-likeness (QED) is 0.862. The third-order valence-corrected chi connectivity index (χ3v) is 3.96. The van der Waals surface area contributed by atoms with Crippen molar-refractivity contribution < 1.29 is 4.79 Å². The number of aromatic nitrogens is 3. The summed E-state index contributed by atoms with van der Waals surface area (Å²) in [6, 6.07) is 0. The van der Waals surface area contributed by atoms with Crippen molar-refractivity contribution in [3.05, 3.63) is 12.2 Å². The molecule has 0 saturated heterocycles. The van der Waals surface area contributed by atoms with Gasteiger partial charge >= 0.3 is 0 Å². The topological polar surface area (TPSA) is 58.6 Å². The van der Waals surface area contributed by atoms with E-state index < -0.39 is 20.5 Å². The van der Waals surface area contributed by atoms with Gasteiger partial charge in [0.15, 0.2) is 11.6 Å². The Morgan fingerprint density at radius 3 is 2.22 bits per heavy atom. The molecule has 4 nitrogen and oxygen atoms in total. The van der Waals surface area contributed by atoms with Crippen LogP contribution in [0.15, 0.2) is 6.33 Å². The van der Waals surface area contributed by atoms with Crippen LogP contribution >= 0.6 is 46.4 Å². The fourth-order valence-corrected chi connectivity index (χ4v) is 2.01. The van der Waals surface area contributed by atoms with Gasteiger partial charge in [0.25, 0.3) is 0 Å². The number of rotatable bonds is 3. The molecule has 0 bridgehead atoms. The van der Waals surface area contributed by atoms with E-state index in [-0.39, 0.29) is 11.6 Å². The zero-order chi connectivity index (χ0) is 14.1. The average molecular weight is 333 g/mol. The highest BCUT2D eigenvalue weighted by molar-refractivity contribution is 6.70. The summed E-state index contributed by atoms with van der Waals surface area (Å²) in [4.78, 5) is 16.3. The Morgan fingerprint density at radius 1 is 1.33 bits per heavy atom. The van der Waals surface area contributed by atoms with Gasteiger partial charge in [0.1, 0.15) is 12.2 Å². The zero-order valence-corrected chi connectivity index (χ0v) is 13.1. The molecule has 1 aromatic heterocycles. The Morgan fingerprint density at radius 2 is 1.89 bits per heavy atom. The first-order valence-corrected chi connectivity index (χ1v) is 6.73. The van der Waals surface area contributed by atoms with Crippen LogP contribution in [0.25, 0.3) is 0 Å². The lowest BCUT2D eigenvalue weighted by Crippen LogP contribution is -2.38. The lowest BCUT2D eigenvalue weighted by molar-refractivity contribution is -0.128. The lowest BCUT2D eigenvalue weighted by atomic mass is 9.81. The monoisotopic (exact) mass is 331 g/mol. The van der Waals surface area contributed by atoms with Crippen molar-refractivity contribution in [2.75, 3.05) is 0 Å². The molecule has 102 valence electrons. The van der Waals surface area contributed by atoms with Gasteiger partial charge in [-0.25, -0.2) is 4.98 Å². The molecule has 1 N–H and O–H groups in total. The first-order valence-electron chi connectivity index (χ1n) is 5.16. The number of alkyl halides is 4. The summed E-state index contributed by atoms with van der Waals surface area (Å²) in [7, 11) is 0. The summed E-state index contributed by atoms with van der Waals surface area (Å²) in [5.74, 6) is -0.847. The molecule has 0 aliphatic heterocycles. The summed E-state index contributed by atoms with van der Waals surface area (Å²) in [5.41, 5.74) is -0.644. The Hall–Kier alpha value is -0.0300. The first-order chi connectivity index (χ1) is 8.05. The van der Waals surface area contributed by atoms with Crippen molar-refractivity contribution in [1.82, 2.24) is 15.2 Å². The fourth-order valence-electron chi connectivity index (χ4n) is 1.41. The maximum absolute atomic E-state index is 12.4. The van der Waals surface area contributed by atoms with E-state index in [1.807, 2.05) is 0 Å². The van der Waals surface area contributed by atoms with Crippen LogP contribution in [0.5, 0.6) is 0 Å². The second-order valence-corrected chi connectivity index (χ2v) is 7.73. The molecular weight excluding hydrogens is 320 g/mol. The van der Waals surface area contributed by atoms with E-state index in [1.165, 1.54) is 6.33 Å². The average Bonchev–Trinajstić information content (AvgIpc) is 2.68. The van der Waals surface area contributed by atoms with Gasteiger partial charge in [-0.2, -0.15) is 5.10 Å². The summed E-state index contributed by atoms with van der Waals surface area (Å²) < 4.78 is -1.78. The molecule has 1 heterocycles. The Labute approximate surface area is 125 Å². The van der Waals surface area contributed by atoms with E-state index in [2.05, 4.69) is 15.2 Å². The predicted octanol–water partition coefficient (Wildman–Crippen LogP) is 3.48. The van der Waals surface area contributed by atoms with Gasteiger partial charge in [-0.05, 0) is 0 Å². The van der Waals surface area contributed by atoms with Crippen LogP contribution in [0.4, 0.5) is 0 Å². The maximum Gasteiger partial charge on any atom is 0.207 e. The van der Waals surface area contributed by atoms with Gasteiger partial charge in [-0.15, -0.1) is 11.6 Å². The smallest absolute Gasteiger partial charge is 0.207 e. The zero-order valence-electron chi connectivity index (χ0n) is 10.0. The van der Waals surface area contributed by atoms with Crippen molar-refractivity contribution in [3.8, 4) is 0 Å². The third-order valence-electron chi connectivity index (χ3n) is 2.34. The Kier molecular flexibility index (Phi) is 4.93. The van der Waals surface area contributed by atoms with E-state index in [1.54, 1.807) is 20.8 Å². The minimum absolute atomic E-state index is 0.187. The molecule has 1 rings (SSSR count). The molecule has 0 saturated carbocycles. The molecule has 1 aromatic rings. The van der Waals surface area contributed by atoms with E-state index in [0.717, 1.165) is 0 Å². The molecule has 0 fully saturated rings. The number of Topliss-reactive ketones (excluding diaryl/α,β-unsaturated/α-hetero) is 1. The van der Waals surface area contributed by atoms with E-state index in [0.29, 0.717) is 0 Å². The van der Waals surface area contributed by atoms with Gasteiger partial charge in [0, 0.05) is 5.41 Å². The van der Waals surface area contributed by atoms with E-state index in [4.69, 9.17) is 46.4 Å². The maximum atomic E-state index is 12.4. The molecule has 8 heteroatoms. The van der Waals surface area contributed by atoms with Crippen molar-refractivity contribution >= 4 is 52.2 Å². The molecule has 0 radical (unpaired) electrons. The number of aromatic amines is 1. The number of halogens is 4. The lowest BCUT2D eigenvalue weighted by Gasteiger charge is -2.29. The van der Waals surface area contributed by atoms with Crippen molar-refractivity contribution in [2.24, 2.45) is 5.41 Å². The number of nitrogens with zero attached hydrogens (tertiary/aromatic N) is 2. The molecule has 0 spiro atoms. The second kappa shape index (κ2) is 5.53. The standard InChI is InChI=1S/C10H13Cl4N3O/c1-9(2,3)7(18)5(6(11)10(12,13)14)8-15-4-16-17-8/h4-6H,1-3H3,(H,15,16,17). The molecular formula is C10H13Cl4N3O. The number of ketones is 1. The van der Waals surface area contributed by atoms with Crippen LogP contribution in [-0.2, 0) is 4.79 Å². The molecule has 0 aliphatic carbocycles. The highest BCUT2D eigenvalue weighted by Crippen LogP contribution is 2.43. The summed E-state index contributed by atoms with van der Waals surface area (Å²) in [6.45, 7) is 5.28. The molecule has 0 amide bonds. The summed E-state index contributed by atoms with van der Waals surface area (Å²) >= 11 is 23.4. The fraction of sp³-hybridized carbons (Fsp3) is 0.700. The molecule has 0 aliphatic rings.